The van der Waals surface area contributed by atoms with E-state index < -0.39 is 0 Å². The van der Waals surface area contributed by atoms with E-state index in [1.54, 1.807) is 11.8 Å². The number of rotatable bonds is 4. The van der Waals surface area contributed by atoms with E-state index >= 15 is 0 Å². The maximum atomic E-state index is 6.20. The van der Waals surface area contributed by atoms with Crippen LogP contribution in [0.15, 0.2) is 53.4 Å². The minimum absolute atomic E-state index is 0.136. The third kappa shape index (κ3) is 3.42. The van der Waals surface area contributed by atoms with E-state index in [0.29, 0.717) is 6.54 Å². The average Bonchev–Trinajstić information content (AvgIpc) is 2.37. The molecule has 0 aliphatic rings. The molecule has 0 saturated carbocycles. The Kier molecular flexibility index (Phi) is 4.95. The van der Waals surface area contributed by atoms with Gasteiger partial charge < -0.3 is 5.73 Å². The summed E-state index contributed by atoms with van der Waals surface area (Å²) < 4.78 is 0. The van der Waals surface area contributed by atoms with Crippen molar-refractivity contribution in [3.8, 4) is 0 Å². The van der Waals surface area contributed by atoms with Crippen LogP contribution in [0.1, 0.15) is 10.8 Å². The van der Waals surface area contributed by atoms with Gasteiger partial charge in [-0.25, -0.2) is 0 Å². The zero-order valence-corrected chi connectivity index (χ0v) is 12.0. The molecule has 18 heavy (non-hydrogen) atoms. The fraction of sp³-hybridized carbons (Fsp3) is 0.143. The van der Waals surface area contributed by atoms with Crippen LogP contribution in [0, 0.1) is 0 Å². The second-order valence-corrected chi connectivity index (χ2v) is 5.94. The lowest BCUT2D eigenvalue weighted by molar-refractivity contribution is 0.941. The van der Waals surface area contributed by atoms with Crippen molar-refractivity contribution < 1.29 is 0 Å². The van der Waals surface area contributed by atoms with Crippen molar-refractivity contribution in [2.75, 3.05) is 6.54 Å². The van der Waals surface area contributed by atoms with Gasteiger partial charge >= 0.3 is 0 Å². The average molecular weight is 298 g/mol. The number of nitrogens with two attached hydrogens (primary N) is 1. The van der Waals surface area contributed by atoms with E-state index in [-0.39, 0.29) is 5.25 Å². The monoisotopic (exact) mass is 297 g/mol. The normalized spacial score (nSPS) is 12.4. The zero-order chi connectivity index (χ0) is 13.0. The first-order chi connectivity index (χ1) is 8.70. The lowest BCUT2D eigenvalue weighted by atomic mass is 10.1. The van der Waals surface area contributed by atoms with E-state index in [9.17, 15) is 0 Å². The summed E-state index contributed by atoms with van der Waals surface area (Å²) >= 11 is 13.9. The van der Waals surface area contributed by atoms with Gasteiger partial charge in [-0.3, -0.25) is 0 Å². The molecule has 2 rings (SSSR count). The van der Waals surface area contributed by atoms with Crippen molar-refractivity contribution in [1.82, 2.24) is 0 Å². The quantitative estimate of drug-likeness (QED) is 0.822. The molecular formula is C14H13Cl2NS. The molecule has 1 atom stereocenters. The number of halogens is 2. The summed E-state index contributed by atoms with van der Waals surface area (Å²) in [5.41, 5.74) is 6.91. The van der Waals surface area contributed by atoms with Gasteiger partial charge in [-0.1, -0.05) is 47.5 Å². The van der Waals surface area contributed by atoms with Gasteiger partial charge in [0.15, 0.2) is 0 Å². The van der Waals surface area contributed by atoms with Crippen LogP contribution in [0.5, 0.6) is 0 Å². The molecule has 0 aliphatic carbocycles. The third-order valence-electron chi connectivity index (χ3n) is 2.54. The highest BCUT2D eigenvalue weighted by molar-refractivity contribution is 7.99. The Morgan fingerprint density at radius 3 is 2.50 bits per heavy atom. The molecule has 0 saturated heterocycles. The molecular weight excluding hydrogens is 285 g/mol. The molecule has 0 radical (unpaired) electrons. The highest BCUT2D eigenvalue weighted by atomic mass is 35.5. The molecule has 0 amide bonds. The summed E-state index contributed by atoms with van der Waals surface area (Å²) in [6, 6.07) is 15.5. The number of hydrogen-bond acceptors (Lipinski definition) is 2. The van der Waals surface area contributed by atoms with Crippen LogP contribution in [0.3, 0.4) is 0 Å². The van der Waals surface area contributed by atoms with Gasteiger partial charge in [-0.2, -0.15) is 0 Å². The topological polar surface area (TPSA) is 26.0 Å². The predicted octanol–water partition coefficient (Wildman–Crippen LogP) is 4.79. The highest BCUT2D eigenvalue weighted by Gasteiger charge is 2.14. The summed E-state index contributed by atoms with van der Waals surface area (Å²) in [4.78, 5) is 1.10. The van der Waals surface area contributed by atoms with Gasteiger partial charge in [-0.05, 0) is 29.8 Å². The summed E-state index contributed by atoms with van der Waals surface area (Å²) in [5, 5.41) is 1.62. The van der Waals surface area contributed by atoms with E-state index in [2.05, 4.69) is 0 Å². The second kappa shape index (κ2) is 6.48. The minimum Gasteiger partial charge on any atom is -0.329 e. The van der Waals surface area contributed by atoms with Crippen molar-refractivity contribution in [2.45, 2.75) is 10.1 Å². The first-order valence-electron chi connectivity index (χ1n) is 5.57. The second-order valence-electron chi connectivity index (χ2n) is 3.82. The fourth-order valence-corrected chi connectivity index (χ4v) is 3.38. The number of thioether (sulfide) groups is 1. The van der Waals surface area contributed by atoms with Gasteiger partial charge in [0.2, 0.25) is 0 Å². The molecule has 2 aromatic carbocycles. The van der Waals surface area contributed by atoms with Crippen LogP contribution >= 0.6 is 35.0 Å². The first-order valence-corrected chi connectivity index (χ1v) is 7.21. The maximum Gasteiger partial charge on any atom is 0.0481 e. The van der Waals surface area contributed by atoms with E-state index in [1.165, 1.54) is 0 Å². The van der Waals surface area contributed by atoms with Crippen molar-refractivity contribution in [2.24, 2.45) is 5.73 Å². The SMILES string of the molecule is NCC(Sc1cccc(Cl)c1)c1ccccc1Cl. The molecule has 0 aromatic heterocycles. The van der Waals surface area contributed by atoms with Crippen molar-refractivity contribution in [1.29, 1.82) is 0 Å². The van der Waals surface area contributed by atoms with Gasteiger partial charge in [-0.15, -0.1) is 11.8 Å². The molecule has 0 heterocycles. The molecule has 2 N–H and O–H groups in total. The Hall–Kier alpha value is -0.670. The van der Waals surface area contributed by atoms with Crippen LogP contribution in [0.4, 0.5) is 0 Å². The van der Waals surface area contributed by atoms with E-state index in [1.807, 2.05) is 48.5 Å². The lowest BCUT2D eigenvalue weighted by Gasteiger charge is -2.16. The predicted molar refractivity (Wildman–Crippen MR) is 80.6 cm³/mol. The Morgan fingerprint density at radius 1 is 1.06 bits per heavy atom. The smallest absolute Gasteiger partial charge is 0.0481 e. The van der Waals surface area contributed by atoms with Crippen LogP contribution in [0.2, 0.25) is 10.0 Å². The number of benzene rings is 2. The Labute approximate surface area is 121 Å². The molecule has 0 fully saturated rings. The molecule has 0 aliphatic heterocycles. The van der Waals surface area contributed by atoms with Gasteiger partial charge in [0.1, 0.15) is 0 Å². The van der Waals surface area contributed by atoms with Crippen LogP contribution in [-0.4, -0.2) is 6.54 Å². The Bertz CT molecular complexity index is 531. The van der Waals surface area contributed by atoms with Gasteiger partial charge in [0, 0.05) is 26.7 Å². The van der Waals surface area contributed by atoms with E-state index in [0.717, 1.165) is 20.5 Å². The molecule has 0 spiro atoms. The first kappa shape index (κ1) is 13.8. The lowest BCUT2D eigenvalue weighted by Crippen LogP contribution is -2.09. The maximum absolute atomic E-state index is 6.20. The Balaban J connectivity index is 2.23. The molecule has 0 bridgehead atoms. The molecule has 94 valence electrons. The van der Waals surface area contributed by atoms with Crippen molar-refractivity contribution >= 4 is 35.0 Å². The van der Waals surface area contributed by atoms with E-state index in [4.69, 9.17) is 28.9 Å². The van der Waals surface area contributed by atoms with Crippen molar-refractivity contribution in [3.05, 3.63) is 64.1 Å². The molecule has 1 nitrogen and oxygen atoms in total. The highest BCUT2D eigenvalue weighted by Crippen LogP contribution is 2.38. The van der Waals surface area contributed by atoms with Crippen molar-refractivity contribution in [3.63, 3.8) is 0 Å². The zero-order valence-electron chi connectivity index (χ0n) is 9.64. The summed E-state index contributed by atoms with van der Waals surface area (Å²) in [7, 11) is 0. The molecule has 4 heteroatoms. The molecule has 1 unspecified atom stereocenters. The minimum atomic E-state index is 0.136. The van der Waals surface area contributed by atoms with Gasteiger partial charge in [0.25, 0.3) is 0 Å². The summed E-state index contributed by atoms with van der Waals surface area (Å²) in [6.07, 6.45) is 0. The standard InChI is InChI=1S/C14H13Cl2NS/c15-10-4-3-5-11(8-10)18-14(9-17)12-6-1-2-7-13(12)16/h1-8,14H,9,17H2. The molecule has 2 aromatic rings. The van der Waals surface area contributed by atoms with Gasteiger partial charge in [0.05, 0.1) is 0 Å². The fourth-order valence-electron chi connectivity index (χ4n) is 1.68. The third-order valence-corrected chi connectivity index (χ3v) is 4.38. The summed E-state index contributed by atoms with van der Waals surface area (Å²) in [6.45, 7) is 0.529. The van der Waals surface area contributed by atoms with Crippen LogP contribution in [-0.2, 0) is 0 Å². The summed E-state index contributed by atoms with van der Waals surface area (Å²) in [5.74, 6) is 0. The Morgan fingerprint density at radius 2 is 1.83 bits per heavy atom. The van der Waals surface area contributed by atoms with Crippen LogP contribution in [0.25, 0.3) is 0 Å². The van der Waals surface area contributed by atoms with Crippen LogP contribution < -0.4 is 5.73 Å². The number of hydrogen-bond donors (Lipinski definition) is 1. The largest absolute Gasteiger partial charge is 0.329 e.